The molecule has 0 aliphatic carbocycles. The molecule has 1 rings (SSSR count). The van der Waals surface area contributed by atoms with Crippen molar-refractivity contribution in [2.45, 2.75) is 31.5 Å². The van der Waals surface area contributed by atoms with Crippen molar-refractivity contribution in [2.75, 3.05) is 13.2 Å². The highest BCUT2D eigenvalue weighted by molar-refractivity contribution is 9.10. The predicted octanol–water partition coefficient (Wildman–Crippen LogP) is 2.92. The second kappa shape index (κ2) is 8.14. The smallest absolute Gasteiger partial charge is 0.233 e. The molecule has 1 aromatic rings. The highest BCUT2D eigenvalue weighted by atomic mass is 79.9. The Kier molecular flexibility index (Phi) is 6.80. The SMILES string of the molecule is CCCOc1ccc(CCNC(=O)C(C)Br)cc1. The molecule has 1 aromatic carbocycles. The number of alkyl halides is 1. The Morgan fingerprint density at radius 3 is 2.61 bits per heavy atom. The van der Waals surface area contributed by atoms with Crippen molar-refractivity contribution in [1.29, 1.82) is 0 Å². The summed E-state index contributed by atoms with van der Waals surface area (Å²) < 4.78 is 5.51. The van der Waals surface area contributed by atoms with Crippen LogP contribution in [0.25, 0.3) is 0 Å². The van der Waals surface area contributed by atoms with E-state index in [1.54, 1.807) is 0 Å². The largest absolute Gasteiger partial charge is 0.494 e. The van der Waals surface area contributed by atoms with Crippen LogP contribution in [-0.4, -0.2) is 23.9 Å². The minimum Gasteiger partial charge on any atom is -0.494 e. The van der Waals surface area contributed by atoms with Gasteiger partial charge in [0.2, 0.25) is 5.91 Å². The van der Waals surface area contributed by atoms with Gasteiger partial charge in [-0.3, -0.25) is 4.79 Å². The normalized spacial score (nSPS) is 11.9. The van der Waals surface area contributed by atoms with Crippen LogP contribution < -0.4 is 10.1 Å². The number of benzene rings is 1. The lowest BCUT2D eigenvalue weighted by atomic mass is 10.1. The van der Waals surface area contributed by atoms with E-state index in [-0.39, 0.29) is 10.7 Å². The van der Waals surface area contributed by atoms with Crippen LogP contribution in [0.2, 0.25) is 0 Å². The molecule has 1 unspecified atom stereocenters. The Hall–Kier alpha value is -1.03. The average Bonchev–Trinajstić information content (AvgIpc) is 2.37. The third-order valence-corrected chi connectivity index (χ3v) is 2.89. The van der Waals surface area contributed by atoms with E-state index in [1.807, 2.05) is 31.2 Å². The van der Waals surface area contributed by atoms with Gasteiger partial charge in [-0.15, -0.1) is 0 Å². The number of carbonyl (C=O) groups excluding carboxylic acids is 1. The van der Waals surface area contributed by atoms with E-state index >= 15 is 0 Å². The molecule has 0 radical (unpaired) electrons. The van der Waals surface area contributed by atoms with Gasteiger partial charge in [0, 0.05) is 6.54 Å². The van der Waals surface area contributed by atoms with Crippen molar-refractivity contribution >= 4 is 21.8 Å². The molecular weight excluding hydrogens is 294 g/mol. The van der Waals surface area contributed by atoms with E-state index in [4.69, 9.17) is 4.74 Å². The lowest BCUT2D eigenvalue weighted by molar-refractivity contribution is -0.120. The second-order valence-corrected chi connectivity index (χ2v) is 5.52. The Morgan fingerprint density at radius 2 is 2.06 bits per heavy atom. The summed E-state index contributed by atoms with van der Waals surface area (Å²) in [7, 11) is 0. The van der Waals surface area contributed by atoms with Crippen molar-refractivity contribution in [3.8, 4) is 5.75 Å². The monoisotopic (exact) mass is 313 g/mol. The van der Waals surface area contributed by atoms with Crippen molar-refractivity contribution in [3.05, 3.63) is 29.8 Å². The van der Waals surface area contributed by atoms with E-state index in [1.165, 1.54) is 5.56 Å². The molecule has 0 fully saturated rings. The van der Waals surface area contributed by atoms with Crippen LogP contribution in [0.15, 0.2) is 24.3 Å². The second-order valence-electron chi connectivity index (χ2n) is 4.15. The van der Waals surface area contributed by atoms with Gasteiger partial charge >= 0.3 is 0 Å². The molecule has 18 heavy (non-hydrogen) atoms. The summed E-state index contributed by atoms with van der Waals surface area (Å²) in [4.78, 5) is 11.2. The Balaban J connectivity index is 2.33. The number of ether oxygens (including phenoxy) is 1. The third kappa shape index (κ3) is 5.54. The molecular formula is C14H20BrNO2. The summed E-state index contributed by atoms with van der Waals surface area (Å²) in [5, 5.41) is 2.86. The van der Waals surface area contributed by atoms with Crippen LogP contribution in [0.4, 0.5) is 0 Å². The number of halogens is 1. The average molecular weight is 314 g/mol. The first-order valence-corrected chi connectivity index (χ1v) is 7.18. The number of carbonyl (C=O) groups is 1. The fraction of sp³-hybridized carbons (Fsp3) is 0.500. The van der Waals surface area contributed by atoms with Gasteiger partial charge in [-0.1, -0.05) is 35.0 Å². The van der Waals surface area contributed by atoms with Gasteiger partial charge in [0.25, 0.3) is 0 Å². The van der Waals surface area contributed by atoms with E-state index in [9.17, 15) is 4.79 Å². The van der Waals surface area contributed by atoms with Gasteiger partial charge in [-0.25, -0.2) is 0 Å². The number of nitrogens with one attached hydrogen (secondary N) is 1. The number of rotatable bonds is 7. The lowest BCUT2D eigenvalue weighted by Gasteiger charge is -2.08. The molecule has 0 aliphatic rings. The van der Waals surface area contributed by atoms with Crippen molar-refractivity contribution in [1.82, 2.24) is 5.32 Å². The van der Waals surface area contributed by atoms with Crippen LogP contribution >= 0.6 is 15.9 Å². The first-order chi connectivity index (χ1) is 8.63. The number of hydrogen-bond donors (Lipinski definition) is 1. The fourth-order valence-corrected chi connectivity index (χ4v) is 1.60. The highest BCUT2D eigenvalue weighted by Crippen LogP contribution is 2.12. The van der Waals surface area contributed by atoms with Crippen LogP contribution in [0, 0.1) is 0 Å². The topological polar surface area (TPSA) is 38.3 Å². The maximum absolute atomic E-state index is 11.3. The summed E-state index contributed by atoms with van der Waals surface area (Å²) in [6.07, 6.45) is 1.85. The summed E-state index contributed by atoms with van der Waals surface area (Å²) in [6.45, 7) is 5.31. The third-order valence-electron chi connectivity index (χ3n) is 2.47. The molecule has 0 aliphatic heterocycles. The van der Waals surface area contributed by atoms with Gasteiger partial charge in [-0.2, -0.15) is 0 Å². The summed E-state index contributed by atoms with van der Waals surface area (Å²) in [5.74, 6) is 0.927. The molecule has 0 spiro atoms. The molecule has 100 valence electrons. The molecule has 3 nitrogen and oxygen atoms in total. The first-order valence-electron chi connectivity index (χ1n) is 6.27. The van der Waals surface area contributed by atoms with Gasteiger partial charge in [-0.05, 0) is 37.5 Å². The van der Waals surface area contributed by atoms with Gasteiger partial charge in [0.1, 0.15) is 5.75 Å². The van der Waals surface area contributed by atoms with E-state index < -0.39 is 0 Å². The Labute approximate surface area is 117 Å². The quantitative estimate of drug-likeness (QED) is 0.786. The maximum Gasteiger partial charge on any atom is 0.233 e. The summed E-state index contributed by atoms with van der Waals surface area (Å²) >= 11 is 3.23. The van der Waals surface area contributed by atoms with Gasteiger partial charge in [0.15, 0.2) is 0 Å². The van der Waals surface area contributed by atoms with Crippen molar-refractivity contribution in [2.24, 2.45) is 0 Å². The maximum atomic E-state index is 11.3. The predicted molar refractivity (Wildman–Crippen MR) is 77.3 cm³/mol. The van der Waals surface area contributed by atoms with Crippen molar-refractivity contribution < 1.29 is 9.53 Å². The highest BCUT2D eigenvalue weighted by Gasteiger charge is 2.06. The molecule has 0 saturated heterocycles. The van der Waals surface area contributed by atoms with E-state index in [2.05, 4.69) is 28.2 Å². The van der Waals surface area contributed by atoms with E-state index in [0.717, 1.165) is 25.2 Å². The molecule has 1 atom stereocenters. The van der Waals surface area contributed by atoms with Crippen LogP contribution in [0.5, 0.6) is 5.75 Å². The fourth-order valence-electron chi connectivity index (χ4n) is 1.44. The zero-order valence-electron chi connectivity index (χ0n) is 10.9. The van der Waals surface area contributed by atoms with Gasteiger partial charge in [0.05, 0.1) is 11.4 Å². The molecule has 0 aromatic heterocycles. The van der Waals surface area contributed by atoms with Crippen LogP contribution in [-0.2, 0) is 11.2 Å². The number of amides is 1. The molecule has 1 N–H and O–H groups in total. The molecule has 0 bridgehead atoms. The number of hydrogen-bond acceptors (Lipinski definition) is 2. The van der Waals surface area contributed by atoms with Crippen LogP contribution in [0.1, 0.15) is 25.8 Å². The zero-order valence-corrected chi connectivity index (χ0v) is 12.5. The molecule has 4 heteroatoms. The first kappa shape index (κ1) is 15.0. The summed E-state index contributed by atoms with van der Waals surface area (Å²) in [6, 6.07) is 8.02. The lowest BCUT2D eigenvalue weighted by Crippen LogP contribution is -2.30. The molecule has 0 heterocycles. The van der Waals surface area contributed by atoms with Crippen LogP contribution in [0.3, 0.4) is 0 Å². The van der Waals surface area contributed by atoms with Gasteiger partial charge < -0.3 is 10.1 Å². The zero-order chi connectivity index (χ0) is 13.4. The Morgan fingerprint density at radius 1 is 1.39 bits per heavy atom. The minimum atomic E-state index is -0.137. The van der Waals surface area contributed by atoms with E-state index in [0.29, 0.717) is 6.54 Å². The van der Waals surface area contributed by atoms with Crippen molar-refractivity contribution in [3.63, 3.8) is 0 Å². The summed E-state index contributed by atoms with van der Waals surface area (Å²) in [5.41, 5.74) is 1.20. The molecule has 0 saturated carbocycles. The Bertz CT molecular complexity index is 363. The standard InChI is InChI=1S/C14H20BrNO2/c1-3-10-18-13-6-4-12(5-7-13)8-9-16-14(17)11(2)15/h4-7,11H,3,8-10H2,1-2H3,(H,16,17). The minimum absolute atomic E-state index is 0.0258. The molecule has 1 amide bonds.